The molecule has 1 aliphatic heterocycles. The summed E-state index contributed by atoms with van der Waals surface area (Å²) < 4.78 is 42.3. The molecule has 0 saturated carbocycles. The molecule has 1 fully saturated rings. The summed E-state index contributed by atoms with van der Waals surface area (Å²) in [5.74, 6) is 0. The molecule has 32 heavy (non-hydrogen) atoms. The summed E-state index contributed by atoms with van der Waals surface area (Å²) in [6.07, 6.45) is -2.44. The number of benzene rings is 1. The van der Waals surface area contributed by atoms with Gasteiger partial charge in [-0.2, -0.15) is 18.3 Å². The molecule has 4 heterocycles. The van der Waals surface area contributed by atoms with E-state index in [9.17, 15) is 23.1 Å². The van der Waals surface area contributed by atoms with Crippen molar-refractivity contribution in [2.45, 2.75) is 25.1 Å². The summed E-state index contributed by atoms with van der Waals surface area (Å²) in [4.78, 5) is 18.5. The second-order valence-electron chi connectivity index (χ2n) is 8.01. The van der Waals surface area contributed by atoms with Crippen LogP contribution in [0.15, 0.2) is 47.4 Å². The molecule has 166 valence electrons. The Kier molecular flexibility index (Phi) is 4.70. The van der Waals surface area contributed by atoms with Crippen molar-refractivity contribution in [1.82, 2.24) is 19.2 Å². The summed E-state index contributed by atoms with van der Waals surface area (Å²) in [6, 6.07) is 9.49. The van der Waals surface area contributed by atoms with E-state index >= 15 is 0 Å². The lowest BCUT2D eigenvalue weighted by atomic mass is 10.1. The Balaban J connectivity index is 1.68. The van der Waals surface area contributed by atoms with E-state index in [0.717, 1.165) is 18.0 Å². The predicted molar refractivity (Wildman–Crippen MR) is 114 cm³/mol. The first-order valence-corrected chi connectivity index (χ1v) is 10.2. The van der Waals surface area contributed by atoms with Crippen LogP contribution in [0.4, 0.5) is 18.9 Å². The maximum atomic E-state index is 13.1. The smallest absolute Gasteiger partial charge is 0.393 e. The van der Waals surface area contributed by atoms with Crippen LogP contribution < -0.4 is 10.5 Å². The van der Waals surface area contributed by atoms with Gasteiger partial charge in [-0.15, -0.1) is 0 Å². The van der Waals surface area contributed by atoms with E-state index in [0.29, 0.717) is 48.2 Å². The van der Waals surface area contributed by atoms with Gasteiger partial charge in [-0.1, -0.05) is 0 Å². The molecular weight excluding hydrogens is 423 g/mol. The molecule has 0 bridgehead atoms. The molecule has 1 aliphatic rings. The number of aliphatic hydroxyl groups excluding tert-OH is 1. The van der Waals surface area contributed by atoms with Gasteiger partial charge in [0.2, 0.25) is 0 Å². The fraction of sp³-hybridized carbons (Fsp3) is 0.318. The van der Waals surface area contributed by atoms with Crippen LogP contribution in [0, 0.1) is 0 Å². The van der Waals surface area contributed by atoms with Crippen LogP contribution in [0.2, 0.25) is 0 Å². The van der Waals surface area contributed by atoms with Crippen LogP contribution in [-0.4, -0.2) is 43.5 Å². The van der Waals surface area contributed by atoms with E-state index in [1.807, 2.05) is 12.1 Å². The van der Waals surface area contributed by atoms with Gasteiger partial charge in [0, 0.05) is 43.7 Å². The average molecular weight is 443 g/mol. The fourth-order valence-electron chi connectivity index (χ4n) is 4.15. The van der Waals surface area contributed by atoms with E-state index < -0.39 is 11.9 Å². The molecule has 0 aliphatic carbocycles. The first kappa shape index (κ1) is 20.5. The molecule has 0 spiro atoms. The number of halogens is 3. The van der Waals surface area contributed by atoms with Gasteiger partial charge in [-0.25, -0.2) is 4.52 Å². The van der Waals surface area contributed by atoms with Crippen molar-refractivity contribution in [3.63, 3.8) is 0 Å². The summed E-state index contributed by atoms with van der Waals surface area (Å²) in [6.45, 7) is 1.39. The largest absolute Gasteiger partial charge is 0.433 e. The zero-order valence-electron chi connectivity index (χ0n) is 17.2. The number of pyridine rings is 1. The third-order valence-corrected chi connectivity index (χ3v) is 5.95. The Morgan fingerprint density at radius 3 is 2.56 bits per heavy atom. The Bertz CT molecular complexity index is 1380. The zero-order valence-corrected chi connectivity index (χ0v) is 17.2. The number of aryl methyl sites for hydroxylation is 1. The minimum absolute atomic E-state index is 0.217. The highest BCUT2D eigenvalue weighted by molar-refractivity contribution is 5.85. The van der Waals surface area contributed by atoms with E-state index in [-0.39, 0.29) is 17.2 Å². The van der Waals surface area contributed by atoms with Crippen LogP contribution in [0.25, 0.3) is 27.8 Å². The predicted octanol–water partition coefficient (Wildman–Crippen LogP) is 3.23. The SMILES string of the molecule is Cn1c(=O)c2ccc(N3CCC(O)CC3)cc2n2nc(-c3ccnc(C(F)(F)F)c3)cc12. The molecule has 4 aromatic rings. The van der Waals surface area contributed by atoms with E-state index in [4.69, 9.17) is 0 Å². The molecule has 1 aromatic carbocycles. The number of aliphatic hydroxyl groups is 1. The lowest BCUT2D eigenvalue weighted by Crippen LogP contribution is -2.35. The van der Waals surface area contributed by atoms with Crippen LogP contribution in [0.3, 0.4) is 0 Å². The Labute approximate surface area is 180 Å². The van der Waals surface area contributed by atoms with Crippen LogP contribution >= 0.6 is 0 Å². The maximum absolute atomic E-state index is 13.1. The molecule has 0 atom stereocenters. The number of hydrogen-bond acceptors (Lipinski definition) is 5. The lowest BCUT2D eigenvalue weighted by molar-refractivity contribution is -0.141. The van der Waals surface area contributed by atoms with Crippen molar-refractivity contribution in [2.75, 3.05) is 18.0 Å². The minimum atomic E-state index is -4.56. The lowest BCUT2D eigenvalue weighted by Gasteiger charge is -2.31. The monoisotopic (exact) mass is 443 g/mol. The van der Waals surface area contributed by atoms with Gasteiger partial charge in [0.05, 0.1) is 22.7 Å². The van der Waals surface area contributed by atoms with Crippen molar-refractivity contribution in [1.29, 1.82) is 0 Å². The Morgan fingerprint density at radius 2 is 1.84 bits per heavy atom. The number of fused-ring (bicyclic) bond motifs is 3. The summed E-state index contributed by atoms with van der Waals surface area (Å²) in [7, 11) is 1.61. The average Bonchev–Trinajstić information content (AvgIpc) is 3.23. The maximum Gasteiger partial charge on any atom is 0.433 e. The molecule has 0 unspecified atom stereocenters. The second-order valence-corrected chi connectivity index (χ2v) is 8.01. The minimum Gasteiger partial charge on any atom is -0.393 e. The molecule has 0 radical (unpaired) electrons. The standard InChI is InChI=1S/C22H20F3N5O2/c1-28-20-12-17(13-4-7-26-19(10-13)22(23,24)25)27-30(20)18-11-14(2-3-16(18)21(28)32)29-8-5-15(31)6-9-29/h2-4,7,10-12,15,31H,5-6,8-9H2,1H3. The van der Waals surface area contributed by atoms with E-state index in [1.165, 1.54) is 10.6 Å². The zero-order chi connectivity index (χ0) is 22.6. The van der Waals surface area contributed by atoms with E-state index in [2.05, 4.69) is 15.0 Å². The first-order chi connectivity index (χ1) is 15.2. The van der Waals surface area contributed by atoms with Gasteiger partial charge < -0.3 is 10.0 Å². The van der Waals surface area contributed by atoms with Crippen molar-refractivity contribution >= 4 is 22.2 Å². The van der Waals surface area contributed by atoms with Gasteiger partial charge in [0.1, 0.15) is 11.3 Å². The summed E-state index contributed by atoms with van der Waals surface area (Å²) >= 11 is 0. The summed E-state index contributed by atoms with van der Waals surface area (Å²) in [5.41, 5.74) is 1.30. The van der Waals surface area contributed by atoms with Gasteiger partial charge >= 0.3 is 6.18 Å². The third-order valence-electron chi connectivity index (χ3n) is 5.95. The number of piperidine rings is 1. The normalized spacial score (nSPS) is 15.7. The summed E-state index contributed by atoms with van der Waals surface area (Å²) in [5, 5.41) is 14.8. The third kappa shape index (κ3) is 3.40. The van der Waals surface area contributed by atoms with Gasteiger partial charge in [0.25, 0.3) is 5.56 Å². The van der Waals surface area contributed by atoms with Crippen LogP contribution in [-0.2, 0) is 13.2 Å². The molecular formula is C22H20F3N5O2. The number of aromatic nitrogens is 4. The second kappa shape index (κ2) is 7.33. The highest BCUT2D eigenvalue weighted by Crippen LogP contribution is 2.31. The van der Waals surface area contributed by atoms with Crippen molar-refractivity contribution < 1.29 is 18.3 Å². The molecule has 10 heteroatoms. The van der Waals surface area contributed by atoms with Crippen LogP contribution in [0.1, 0.15) is 18.5 Å². The Hall–Kier alpha value is -3.40. The highest BCUT2D eigenvalue weighted by atomic mass is 19.4. The highest BCUT2D eigenvalue weighted by Gasteiger charge is 2.32. The molecule has 1 saturated heterocycles. The molecule has 0 amide bonds. The van der Waals surface area contributed by atoms with Crippen LogP contribution in [0.5, 0.6) is 0 Å². The van der Waals surface area contributed by atoms with Crippen molar-refractivity contribution in [2.24, 2.45) is 7.05 Å². The number of hydrogen-bond donors (Lipinski definition) is 1. The number of anilines is 1. The molecule has 3 aromatic heterocycles. The fourth-order valence-corrected chi connectivity index (χ4v) is 4.15. The first-order valence-electron chi connectivity index (χ1n) is 10.2. The quantitative estimate of drug-likeness (QED) is 0.515. The Morgan fingerprint density at radius 1 is 1.09 bits per heavy atom. The number of alkyl halides is 3. The number of nitrogens with zero attached hydrogens (tertiary/aromatic N) is 5. The topological polar surface area (TPSA) is 75.7 Å². The van der Waals surface area contributed by atoms with Gasteiger partial charge in [-0.05, 0) is 43.2 Å². The van der Waals surface area contributed by atoms with Crippen molar-refractivity contribution in [3.05, 3.63) is 58.6 Å². The van der Waals surface area contributed by atoms with Gasteiger partial charge in [0.15, 0.2) is 0 Å². The molecule has 5 rings (SSSR count). The molecule has 1 N–H and O–H groups in total. The van der Waals surface area contributed by atoms with Gasteiger partial charge in [-0.3, -0.25) is 14.3 Å². The number of rotatable bonds is 2. The van der Waals surface area contributed by atoms with Crippen molar-refractivity contribution in [3.8, 4) is 11.3 Å². The van der Waals surface area contributed by atoms with E-state index in [1.54, 1.807) is 23.7 Å². The molecule has 7 nitrogen and oxygen atoms in total.